The first kappa shape index (κ1) is 18.6. The lowest BCUT2D eigenvalue weighted by molar-refractivity contribution is 0.0398. The van der Waals surface area contributed by atoms with Gasteiger partial charge >= 0.3 is 0 Å². The molecule has 0 amide bonds. The highest BCUT2D eigenvalue weighted by Gasteiger charge is 2.13. The number of hydrogen-bond donors (Lipinski definition) is 1. The van der Waals surface area contributed by atoms with Crippen LogP contribution in [0.5, 0.6) is 5.75 Å². The molecule has 0 atom stereocenters. The Hall–Kier alpha value is -2.77. The molecule has 0 bridgehead atoms. The van der Waals surface area contributed by atoms with Crippen molar-refractivity contribution >= 4 is 16.7 Å². The second-order valence-electron chi connectivity index (χ2n) is 6.68. The Morgan fingerprint density at radius 3 is 2.64 bits per heavy atom. The first-order valence-corrected chi connectivity index (χ1v) is 9.37. The Morgan fingerprint density at radius 1 is 1.11 bits per heavy atom. The summed E-state index contributed by atoms with van der Waals surface area (Å²) in [6.07, 6.45) is 1.54. The number of ether oxygens (including phenoxy) is 2. The third-order valence-corrected chi connectivity index (χ3v) is 4.93. The van der Waals surface area contributed by atoms with E-state index in [1.807, 2.05) is 12.1 Å². The molecule has 1 N–H and O–H groups in total. The second kappa shape index (κ2) is 8.50. The molecule has 0 aliphatic carbocycles. The van der Waals surface area contributed by atoms with Gasteiger partial charge in [0.25, 0.3) is 0 Å². The van der Waals surface area contributed by atoms with Crippen LogP contribution < -0.4 is 10.1 Å². The second-order valence-corrected chi connectivity index (χ2v) is 6.68. The smallest absolute Gasteiger partial charge is 0.145 e. The van der Waals surface area contributed by atoms with Gasteiger partial charge in [-0.2, -0.15) is 0 Å². The van der Waals surface area contributed by atoms with E-state index in [9.17, 15) is 4.39 Å². The number of halogens is 1. The van der Waals surface area contributed by atoms with Crippen molar-refractivity contribution in [3.8, 4) is 16.9 Å². The van der Waals surface area contributed by atoms with E-state index in [4.69, 9.17) is 9.47 Å². The number of hydrogen-bond acceptors (Lipinski definition) is 6. The topological polar surface area (TPSA) is 59.5 Å². The van der Waals surface area contributed by atoms with Crippen LogP contribution in [-0.4, -0.2) is 61.4 Å². The molecule has 6 nitrogen and oxygen atoms in total. The van der Waals surface area contributed by atoms with Crippen molar-refractivity contribution in [1.82, 2.24) is 14.9 Å². The molecule has 3 aromatic rings. The van der Waals surface area contributed by atoms with Crippen LogP contribution in [0.1, 0.15) is 0 Å². The van der Waals surface area contributed by atoms with Crippen molar-refractivity contribution in [1.29, 1.82) is 0 Å². The van der Waals surface area contributed by atoms with Gasteiger partial charge in [0, 0.05) is 31.6 Å². The minimum Gasteiger partial charge on any atom is -0.494 e. The van der Waals surface area contributed by atoms with Gasteiger partial charge in [-0.1, -0.05) is 12.1 Å². The van der Waals surface area contributed by atoms with E-state index in [1.165, 1.54) is 12.1 Å². The van der Waals surface area contributed by atoms with E-state index in [0.29, 0.717) is 5.75 Å². The van der Waals surface area contributed by atoms with Crippen LogP contribution in [0.4, 0.5) is 10.2 Å². The minimum atomic E-state index is -0.259. The number of nitrogens with zero attached hydrogens (tertiary/aromatic N) is 3. The highest BCUT2D eigenvalue weighted by Crippen LogP contribution is 2.33. The summed E-state index contributed by atoms with van der Waals surface area (Å²) < 4.78 is 24.2. The van der Waals surface area contributed by atoms with Crippen LogP contribution in [-0.2, 0) is 4.74 Å². The number of benzene rings is 2. The first-order valence-electron chi connectivity index (χ1n) is 9.37. The summed E-state index contributed by atoms with van der Waals surface area (Å²) in [6.45, 7) is 5.17. The van der Waals surface area contributed by atoms with Crippen molar-refractivity contribution in [3.63, 3.8) is 0 Å². The first-order chi connectivity index (χ1) is 13.7. The van der Waals surface area contributed by atoms with Gasteiger partial charge in [-0.05, 0) is 35.4 Å². The maximum atomic E-state index is 13.3. The number of anilines is 1. The maximum absolute atomic E-state index is 13.3. The van der Waals surface area contributed by atoms with Crippen LogP contribution in [0.25, 0.3) is 22.0 Å². The number of morpholine rings is 1. The van der Waals surface area contributed by atoms with Crippen molar-refractivity contribution in [3.05, 3.63) is 48.5 Å². The molecule has 146 valence electrons. The Labute approximate surface area is 163 Å². The van der Waals surface area contributed by atoms with Gasteiger partial charge in [0.2, 0.25) is 0 Å². The summed E-state index contributed by atoms with van der Waals surface area (Å²) in [7, 11) is 1.62. The molecule has 0 saturated carbocycles. The van der Waals surface area contributed by atoms with Gasteiger partial charge in [0.05, 0.1) is 20.3 Å². The fourth-order valence-corrected chi connectivity index (χ4v) is 3.40. The van der Waals surface area contributed by atoms with E-state index in [2.05, 4.69) is 20.2 Å². The van der Waals surface area contributed by atoms with Gasteiger partial charge in [-0.3, -0.25) is 4.90 Å². The zero-order valence-corrected chi connectivity index (χ0v) is 15.8. The molecule has 7 heteroatoms. The molecule has 0 unspecified atom stereocenters. The lowest BCUT2D eigenvalue weighted by Gasteiger charge is -2.26. The van der Waals surface area contributed by atoms with Crippen molar-refractivity contribution in [2.24, 2.45) is 0 Å². The summed E-state index contributed by atoms with van der Waals surface area (Å²) >= 11 is 0. The molecular formula is C21H23FN4O2. The van der Waals surface area contributed by atoms with E-state index in [-0.39, 0.29) is 5.82 Å². The third-order valence-electron chi connectivity index (χ3n) is 4.93. The molecule has 1 aromatic heterocycles. The van der Waals surface area contributed by atoms with Gasteiger partial charge < -0.3 is 14.8 Å². The largest absolute Gasteiger partial charge is 0.494 e. The van der Waals surface area contributed by atoms with Crippen molar-refractivity contribution in [2.75, 3.05) is 51.8 Å². The zero-order chi connectivity index (χ0) is 19.3. The van der Waals surface area contributed by atoms with E-state index in [0.717, 1.165) is 67.2 Å². The predicted molar refractivity (Wildman–Crippen MR) is 107 cm³/mol. The molecule has 1 aliphatic heterocycles. The standard InChI is InChI=1S/C21H23FN4O2/c1-27-19-13-16(15-2-4-17(22)5-3-15)12-18-20(19)24-14-25-21(18)23-6-7-26-8-10-28-11-9-26/h2-5,12-14H,6-11H2,1H3,(H,23,24,25). The Morgan fingerprint density at radius 2 is 1.89 bits per heavy atom. The molecule has 2 heterocycles. The molecule has 1 aliphatic rings. The molecular weight excluding hydrogens is 359 g/mol. The number of aromatic nitrogens is 2. The highest BCUT2D eigenvalue weighted by atomic mass is 19.1. The van der Waals surface area contributed by atoms with Crippen LogP contribution >= 0.6 is 0 Å². The summed E-state index contributed by atoms with van der Waals surface area (Å²) in [4.78, 5) is 11.2. The van der Waals surface area contributed by atoms with E-state index in [1.54, 1.807) is 25.6 Å². The molecule has 0 spiro atoms. The van der Waals surface area contributed by atoms with Crippen LogP contribution in [0, 0.1) is 5.82 Å². The molecule has 4 rings (SSSR count). The number of rotatable bonds is 6. The number of nitrogens with one attached hydrogen (secondary N) is 1. The molecule has 1 saturated heterocycles. The van der Waals surface area contributed by atoms with Gasteiger partial charge in [0.15, 0.2) is 0 Å². The fraction of sp³-hybridized carbons (Fsp3) is 0.333. The van der Waals surface area contributed by atoms with Gasteiger partial charge in [-0.25, -0.2) is 14.4 Å². The van der Waals surface area contributed by atoms with Gasteiger partial charge in [0.1, 0.15) is 29.2 Å². The number of methoxy groups -OCH3 is 1. The van der Waals surface area contributed by atoms with Crippen molar-refractivity contribution in [2.45, 2.75) is 0 Å². The SMILES string of the molecule is COc1cc(-c2ccc(F)cc2)cc2c(NCCN3CCOCC3)ncnc12. The van der Waals surface area contributed by atoms with Gasteiger partial charge in [-0.15, -0.1) is 0 Å². The van der Waals surface area contributed by atoms with E-state index < -0.39 is 0 Å². The Bertz CT molecular complexity index is 943. The monoisotopic (exact) mass is 382 g/mol. The normalized spacial score (nSPS) is 14.9. The van der Waals surface area contributed by atoms with Crippen molar-refractivity contribution < 1.29 is 13.9 Å². The summed E-state index contributed by atoms with van der Waals surface area (Å²) in [5.41, 5.74) is 2.58. The molecule has 2 aromatic carbocycles. The summed E-state index contributed by atoms with van der Waals surface area (Å²) in [5.74, 6) is 1.17. The maximum Gasteiger partial charge on any atom is 0.145 e. The number of fused-ring (bicyclic) bond motifs is 1. The third kappa shape index (κ3) is 4.05. The lowest BCUT2D eigenvalue weighted by Crippen LogP contribution is -2.39. The van der Waals surface area contributed by atoms with Crippen LogP contribution in [0.2, 0.25) is 0 Å². The Balaban J connectivity index is 1.62. The van der Waals surface area contributed by atoms with E-state index >= 15 is 0 Å². The minimum absolute atomic E-state index is 0.259. The highest BCUT2D eigenvalue weighted by molar-refractivity contribution is 5.96. The lowest BCUT2D eigenvalue weighted by atomic mass is 10.0. The van der Waals surface area contributed by atoms with Crippen LogP contribution in [0.3, 0.4) is 0 Å². The predicted octanol–water partition coefficient (Wildman–Crippen LogP) is 3.19. The summed E-state index contributed by atoms with van der Waals surface area (Å²) in [6, 6.07) is 10.3. The summed E-state index contributed by atoms with van der Waals surface area (Å²) in [5, 5.41) is 4.30. The Kier molecular flexibility index (Phi) is 5.64. The average molecular weight is 382 g/mol. The zero-order valence-electron chi connectivity index (χ0n) is 15.8. The fourth-order valence-electron chi connectivity index (χ4n) is 3.40. The van der Waals surface area contributed by atoms with Crippen LogP contribution in [0.15, 0.2) is 42.7 Å². The molecule has 0 radical (unpaired) electrons. The molecule has 1 fully saturated rings. The molecule has 28 heavy (non-hydrogen) atoms. The average Bonchev–Trinajstić information content (AvgIpc) is 2.74. The quantitative estimate of drug-likeness (QED) is 0.707.